The zero-order valence-electron chi connectivity index (χ0n) is 11.8. The predicted octanol–water partition coefficient (Wildman–Crippen LogP) is 3.90. The lowest BCUT2D eigenvalue weighted by atomic mass is 10.0. The maximum absolute atomic E-state index is 5.95. The average molecular weight is 255 g/mol. The molecule has 2 aromatic carbocycles. The monoisotopic (exact) mass is 255 g/mol. The van der Waals surface area contributed by atoms with Crippen LogP contribution in [-0.4, -0.2) is 0 Å². The topological polar surface area (TPSA) is 35.2 Å². The Balaban J connectivity index is 2.17. The van der Waals surface area contributed by atoms with Gasteiger partial charge in [-0.1, -0.05) is 42.5 Å². The summed E-state index contributed by atoms with van der Waals surface area (Å²) in [7, 11) is 0. The van der Waals surface area contributed by atoms with E-state index in [-0.39, 0.29) is 6.04 Å². The predicted molar refractivity (Wildman–Crippen MR) is 79.3 cm³/mol. The van der Waals surface area contributed by atoms with Crippen molar-refractivity contribution in [1.29, 1.82) is 0 Å². The van der Waals surface area contributed by atoms with Crippen molar-refractivity contribution in [2.24, 2.45) is 5.73 Å². The van der Waals surface area contributed by atoms with Crippen molar-refractivity contribution in [3.8, 4) is 5.75 Å². The molecular formula is C17H21NO. The average Bonchev–Trinajstić information content (AvgIpc) is 2.38. The van der Waals surface area contributed by atoms with E-state index in [4.69, 9.17) is 10.5 Å². The molecule has 0 saturated heterocycles. The van der Waals surface area contributed by atoms with Gasteiger partial charge in [-0.05, 0) is 43.0 Å². The van der Waals surface area contributed by atoms with Gasteiger partial charge in [0, 0.05) is 6.04 Å². The highest BCUT2D eigenvalue weighted by Crippen LogP contribution is 2.27. The molecule has 0 amide bonds. The zero-order valence-corrected chi connectivity index (χ0v) is 11.8. The third-order valence-electron chi connectivity index (χ3n) is 3.23. The van der Waals surface area contributed by atoms with Crippen LogP contribution in [0, 0.1) is 13.8 Å². The van der Waals surface area contributed by atoms with Gasteiger partial charge in [-0.3, -0.25) is 0 Å². The van der Waals surface area contributed by atoms with Gasteiger partial charge in [0.15, 0.2) is 0 Å². The normalized spacial score (nSPS) is 12.2. The first-order valence-electron chi connectivity index (χ1n) is 6.61. The highest BCUT2D eigenvalue weighted by molar-refractivity contribution is 5.44. The van der Waals surface area contributed by atoms with Gasteiger partial charge in [0.1, 0.15) is 12.4 Å². The Bertz CT molecular complexity index is 523. The van der Waals surface area contributed by atoms with E-state index in [0.29, 0.717) is 6.61 Å². The van der Waals surface area contributed by atoms with E-state index >= 15 is 0 Å². The van der Waals surface area contributed by atoms with Crippen LogP contribution in [0.2, 0.25) is 0 Å². The van der Waals surface area contributed by atoms with Crippen LogP contribution in [0.4, 0.5) is 0 Å². The fourth-order valence-corrected chi connectivity index (χ4v) is 2.20. The van der Waals surface area contributed by atoms with Gasteiger partial charge >= 0.3 is 0 Å². The van der Waals surface area contributed by atoms with E-state index < -0.39 is 0 Å². The summed E-state index contributed by atoms with van der Waals surface area (Å²) in [6.45, 7) is 6.73. The molecule has 2 N–H and O–H groups in total. The summed E-state index contributed by atoms with van der Waals surface area (Å²) in [5.41, 5.74) is 10.5. The van der Waals surface area contributed by atoms with Crippen molar-refractivity contribution in [3.63, 3.8) is 0 Å². The second-order valence-electron chi connectivity index (χ2n) is 5.05. The van der Waals surface area contributed by atoms with Crippen LogP contribution in [0.5, 0.6) is 5.75 Å². The van der Waals surface area contributed by atoms with E-state index in [2.05, 4.69) is 38.1 Å². The summed E-state index contributed by atoms with van der Waals surface area (Å²) < 4.78 is 5.95. The van der Waals surface area contributed by atoms with Crippen LogP contribution in [0.1, 0.15) is 35.2 Å². The Morgan fingerprint density at radius 2 is 1.63 bits per heavy atom. The lowest BCUT2D eigenvalue weighted by molar-refractivity contribution is 0.302. The van der Waals surface area contributed by atoms with Gasteiger partial charge in [-0.2, -0.15) is 0 Å². The molecule has 1 unspecified atom stereocenters. The van der Waals surface area contributed by atoms with Gasteiger partial charge in [0.25, 0.3) is 0 Å². The highest BCUT2D eigenvalue weighted by atomic mass is 16.5. The Labute approximate surface area is 115 Å². The summed E-state index contributed by atoms with van der Waals surface area (Å²) in [5.74, 6) is 0.966. The summed E-state index contributed by atoms with van der Waals surface area (Å²) in [6.07, 6.45) is 0. The number of nitrogens with two attached hydrogens (primary N) is 1. The minimum Gasteiger partial charge on any atom is -0.488 e. The van der Waals surface area contributed by atoms with Gasteiger partial charge in [-0.25, -0.2) is 0 Å². The zero-order chi connectivity index (χ0) is 13.8. The first-order valence-corrected chi connectivity index (χ1v) is 6.61. The van der Waals surface area contributed by atoms with Crippen molar-refractivity contribution in [1.82, 2.24) is 0 Å². The maximum Gasteiger partial charge on any atom is 0.125 e. The highest BCUT2D eigenvalue weighted by Gasteiger charge is 2.09. The second kappa shape index (κ2) is 5.89. The van der Waals surface area contributed by atoms with Gasteiger partial charge in [0.05, 0.1) is 0 Å². The molecule has 0 radical (unpaired) electrons. The van der Waals surface area contributed by atoms with E-state index in [1.807, 2.05) is 25.1 Å². The lowest BCUT2D eigenvalue weighted by Gasteiger charge is -2.15. The first kappa shape index (κ1) is 13.6. The Kier molecular flexibility index (Phi) is 4.23. The molecule has 2 rings (SSSR count). The molecule has 0 heterocycles. The van der Waals surface area contributed by atoms with E-state index in [1.165, 1.54) is 5.56 Å². The molecule has 2 aromatic rings. The summed E-state index contributed by atoms with van der Waals surface area (Å²) >= 11 is 0. The smallest absolute Gasteiger partial charge is 0.125 e. The number of rotatable bonds is 4. The van der Waals surface area contributed by atoms with Gasteiger partial charge in [-0.15, -0.1) is 0 Å². The molecule has 0 aromatic heterocycles. The van der Waals surface area contributed by atoms with Crippen LogP contribution >= 0.6 is 0 Å². The van der Waals surface area contributed by atoms with E-state index in [1.54, 1.807) is 0 Å². The van der Waals surface area contributed by atoms with Crippen LogP contribution in [0.25, 0.3) is 0 Å². The number of hydrogen-bond acceptors (Lipinski definition) is 2. The first-order chi connectivity index (χ1) is 9.08. The summed E-state index contributed by atoms with van der Waals surface area (Å²) in [6, 6.07) is 14.5. The number of ether oxygens (including phenoxy) is 1. The van der Waals surface area contributed by atoms with Crippen LogP contribution in [-0.2, 0) is 6.61 Å². The van der Waals surface area contributed by atoms with Gasteiger partial charge < -0.3 is 10.5 Å². The quantitative estimate of drug-likeness (QED) is 0.899. The molecule has 0 spiro atoms. The van der Waals surface area contributed by atoms with Crippen LogP contribution < -0.4 is 10.5 Å². The van der Waals surface area contributed by atoms with E-state index in [0.717, 1.165) is 22.4 Å². The van der Waals surface area contributed by atoms with Crippen LogP contribution in [0.15, 0.2) is 42.5 Å². The second-order valence-corrected chi connectivity index (χ2v) is 5.05. The van der Waals surface area contributed by atoms with Crippen molar-refractivity contribution in [2.75, 3.05) is 0 Å². The van der Waals surface area contributed by atoms with Gasteiger partial charge in [0.2, 0.25) is 0 Å². The molecular weight excluding hydrogens is 234 g/mol. The van der Waals surface area contributed by atoms with Crippen LogP contribution in [0.3, 0.4) is 0 Å². The van der Waals surface area contributed by atoms with Crippen molar-refractivity contribution >= 4 is 0 Å². The minimum atomic E-state index is 0.0561. The molecule has 19 heavy (non-hydrogen) atoms. The van der Waals surface area contributed by atoms with Crippen molar-refractivity contribution in [2.45, 2.75) is 33.4 Å². The molecule has 2 nitrogen and oxygen atoms in total. The Morgan fingerprint density at radius 3 is 2.16 bits per heavy atom. The molecule has 0 saturated carbocycles. The SMILES string of the molecule is Cc1cc(C(C)N)cc(C)c1OCc1ccccc1. The minimum absolute atomic E-state index is 0.0561. The molecule has 0 aliphatic carbocycles. The van der Waals surface area contributed by atoms with Crippen molar-refractivity contribution < 1.29 is 4.74 Å². The maximum atomic E-state index is 5.95. The summed E-state index contributed by atoms with van der Waals surface area (Å²) in [4.78, 5) is 0. The number of hydrogen-bond donors (Lipinski definition) is 1. The lowest BCUT2D eigenvalue weighted by Crippen LogP contribution is -2.07. The van der Waals surface area contributed by atoms with Crippen molar-refractivity contribution in [3.05, 3.63) is 64.7 Å². The third kappa shape index (κ3) is 3.36. The number of benzene rings is 2. The molecule has 1 atom stereocenters. The molecule has 100 valence electrons. The molecule has 2 heteroatoms. The standard InChI is InChI=1S/C17H21NO/c1-12-9-16(14(3)18)10-13(2)17(12)19-11-15-7-5-4-6-8-15/h4-10,14H,11,18H2,1-3H3. The number of aryl methyl sites for hydroxylation is 2. The molecule has 0 bridgehead atoms. The molecule has 0 aliphatic rings. The molecule has 0 fully saturated rings. The summed E-state index contributed by atoms with van der Waals surface area (Å²) in [5, 5.41) is 0. The van der Waals surface area contributed by atoms with E-state index in [9.17, 15) is 0 Å². The largest absolute Gasteiger partial charge is 0.488 e. The Morgan fingerprint density at radius 1 is 1.05 bits per heavy atom. The Hall–Kier alpha value is -1.80. The molecule has 0 aliphatic heterocycles. The third-order valence-corrected chi connectivity index (χ3v) is 3.23. The fourth-order valence-electron chi connectivity index (χ4n) is 2.20. The fraction of sp³-hybridized carbons (Fsp3) is 0.294.